The molecule has 0 radical (unpaired) electrons. The SMILES string of the molecule is COc1ccc2c(O[C@@H]3C[C@H]4C(=O)N[C@]5(C(=O)NS(=O)(=O)C6CC6)CC5C=CCCCCN(N(C)C)C(=O)[C@@H]4C3)cc(-c3ccccc3)nc2c1. The lowest BCUT2D eigenvalue weighted by Crippen LogP contribution is -2.55. The van der Waals surface area contributed by atoms with Crippen molar-refractivity contribution in [3.05, 3.63) is 66.7 Å². The monoisotopic (exact) mass is 715 g/mol. The largest absolute Gasteiger partial charge is 0.497 e. The average Bonchev–Trinajstić information content (AvgIpc) is 4.04. The lowest BCUT2D eigenvalue weighted by Gasteiger charge is -2.33. The summed E-state index contributed by atoms with van der Waals surface area (Å²) in [6.45, 7) is 0.502. The highest BCUT2D eigenvalue weighted by atomic mass is 32.2. The molecule has 270 valence electrons. The molecule has 3 aromatic rings. The van der Waals surface area contributed by atoms with Gasteiger partial charge >= 0.3 is 0 Å². The number of rotatable bonds is 8. The van der Waals surface area contributed by atoms with Gasteiger partial charge in [-0.1, -0.05) is 42.5 Å². The maximum Gasteiger partial charge on any atom is 0.259 e. The van der Waals surface area contributed by atoms with Crippen molar-refractivity contribution in [2.45, 2.75) is 68.3 Å². The molecule has 2 N–H and O–H groups in total. The standard InChI is InChI=1S/C38H45N5O7S/c1-42(2)43-18-10-5-4-9-13-25-23-38(25,37(46)41-51(47,48)28-15-16-28)40-35(44)30-19-27(20-31(30)36(43)45)50-34-22-32(24-11-7-6-8-12-24)39-33-21-26(49-3)14-17-29(33)34/h6-9,11-14,17,21-22,25,27-28,30-31H,4-5,10,15-16,18-20,23H2,1-3H3,(H,40,44)(H,41,46)/t25?,27-,30-,31-,38-/m1/s1. The molecule has 2 aromatic carbocycles. The van der Waals surface area contributed by atoms with Crippen LogP contribution in [0.3, 0.4) is 0 Å². The maximum absolute atomic E-state index is 14.3. The van der Waals surface area contributed by atoms with Crippen LogP contribution < -0.4 is 19.5 Å². The topological polar surface area (TPSA) is 147 Å². The molecule has 0 spiro atoms. The first kappa shape index (κ1) is 34.9. The Morgan fingerprint density at radius 1 is 1.04 bits per heavy atom. The Hall–Kier alpha value is -4.49. The predicted octanol–water partition coefficient (Wildman–Crippen LogP) is 4.21. The van der Waals surface area contributed by atoms with Crippen LogP contribution in [0.2, 0.25) is 0 Å². The first-order valence-corrected chi connectivity index (χ1v) is 19.3. The minimum Gasteiger partial charge on any atom is -0.497 e. The number of hydrogen-bond donors (Lipinski definition) is 2. The number of pyridine rings is 1. The zero-order valence-corrected chi connectivity index (χ0v) is 30.0. The first-order valence-electron chi connectivity index (χ1n) is 17.7. The first-order chi connectivity index (χ1) is 24.5. The minimum atomic E-state index is -3.83. The van der Waals surface area contributed by atoms with E-state index in [0.717, 1.165) is 30.2 Å². The zero-order valence-electron chi connectivity index (χ0n) is 29.2. The van der Waals surface area contributed by atoms with Crippen LogP contribution in [0.5, 0.6) is 11.5 Å². The summed E-state index contributed by atoms with van der Waals surface area (Å²) < 4.78 is 40.1. The molecule has 3 fully saturated rings. The molecule has 1 unspecified atom stereocenters. The molecule has 2 heterocycles. The minimum absolute atomic E-state index is 0.185. The van der Waals surface area contributed by atoms with Crippen molar-refractivity contribution in [3.63, 3.8) is 0 Å². The van der Waals surface area contributed by atoms with E-state index in [1.165, 1.54) is 0 Å². The molecule has 1 aromatic heterocycles. The van der Waals surface area contributed by atoms with E-state index < -0.39 is 50.6 Å². The number of hydrogen-bond acceptors (Lipinski definition) is 9. The van der Waals surface area contributed by atoms with E-state index in [0.29, 0.717) is 42.1 Å². The summed E-state index contributed by atoms with van der Waals surface area (Å²) in [6.07, 6.45) is 7.49. The van der Waals surface area contributed by atoms with Crippen LogP contribution in [-0.2, 0) is 24.4 Å². The van der Waals surface area contributed by atoms with Crippen LogP contribution in [0.1, 0.15) is 51.4 Å². The van der Waals surface area contributed by atoms with E-state index in [4.69, 9.17) is 14.5 Å². The summed E-state index contributed by atoms with van der Waals surface area (Å²) in [5.41, 5.74) is 0.885. The lowest BCUT2D eigenvalue weighted by atomic mass is 9.93. The molecular formula is C38H45N5O7S. The van der Waals surface area contributed by atoms with Crippen molar-refractivity contribution in [3.8, 4) is 22.8 Å². The van der Waals surface area contributed by atoms with Gasteiger partial charge in [-0.05, 0) is 63.5 Å². The number of allylic oxidation sites excluding steroid dienone is 1. The predicted molar refractivity (Wildman–Crippen MR) is 192 cm³/mol. The summed E-state index contributed by atoms with van der Waals surface area (Å²) >= 11 is 0. The molecule has 13 heteroatoms. The molecule has 4 aliphatic rings. The highest BCUT2D eigenvalue weighted by Crippen LogP contribution is 2.47. The van der Waals surface area contributed by atoms with Crippen LogP contribution in [0, 0.1) is 17.8 Å². The van der Waals surface area contributed by atoms with Gasteiger partial charge in [0.15, 0.2) is 0 Å². The molecule has 0 bridgehead atoms. The van der Waals surface area contributed by atoms with Gasteiger partial charge in [-0.25, -0.2) is 18.4 Å². The number of benzene rings is 2. The smallest absolute Gasteiger partial charge is 0.259 e. The number of nitrogens with one attached hydrogen (secondary N) is 2. The number of carbonyl (C=O) groups excluding carboxylic acids is 3. The van der Waals surface area contributed by atoms with Crippen LogP contribution in [0.4, 0.5) is 0 Å². The quantitative estimate of drug-likeness (QED) is 0.328. The maximum atomic E-state index is 14.3. The van der Waals surface area contributed by atoms with Gasteiger partial charge in [0.05, 0.1) is 35.4 Å². The van der Waals surface area contributed by atoms with Crippen LogP contribution in [0.25, 0.3) is 22.2 Å². The summed E-state index contributed by atoms with van der Waals surface area (Å²) in [7, 11) is 1.40. The van der Waals surface area contributed by atoms with Crippen LogP contribution in [-0.4, -0.2) is 85.8 Å². The second kappa shape index (κ2) is 13.9. The van der Waals surface area contributed by atoms with Crippen molar-refractivity contribution in [2.75, 3.05) is 27.7 Å². The molecule has 5 atom stereocenters. The molecule has 1 aliphatic heterocycles. The Labute approximate surface area is 298 Å². The number of fused-ring (bicyclic) bond motifs is 3. The van der Waals surface area contributed by atoms with E-state index in [1.807, 2.05) is 80.8 Å². The van der Waals surface area contributed by atoms with Crippen LogP contribution in [0.15, 0.2) is 66.7 Å². The van der Waals surface area contributed by atoms with Crippen molar-refractivity contribution in [1.82, 2.24) is 25.0 Å². The van der Waals surface area contributed by atoms with E-state index in [2.05, 4.69) is 10.0 Å². The summed E-state index contributed by atoms with van der Waals surface area (Å²) in [5.74, 6) is -2.04. The van der Waals surface area contributed by atoms with Gasteiger partial charge in [0.1, 0.15) is 23.1 Å². The highest BCUT2D eigenvalue weighted by molar-refractivity contribution is 7.91. The van der Waals surface area contributed by atoms with Crippen molar-refractivity contribution in [1.29, 1.82) is 0 Å². The zero-order chi connectivity index (χ0) is 35.9. The molecule has 51 heavy (non-hydrogen) atoms. The third-order valence-electron chi connectivity index (χ3n) is 10.6. The van der Waals surface area contributed by atoms with E-state index >= 15 is 0 Å². The van der Waals surface area contributed by atoms with Gasteiger partial charge in [-0.2, -0.15) is 0 Å². The Morgan fingerprint density at radius 3 is 2.53 bits per heavy atom. The van der Waals surface area contributed by atoms with Crippen molar-refractivity contribution in [2.24, 2.45) is 17.8 Å². The summed E-state index contributed by atoms with van der Waals surface area (Å²) in [4.78, 5) is 47.2. The summed E-state index contributed by atoms with van der Waals surface area (Å²) in [6, 6.07) is 17.2. The Balaban J connectivity index is 1.22. The number of aromatic nitrogens is 1. The Morgan fingerprint density at radius 2 is 1.80 bits per heavy atom. The third kappa shape index (κ3) is 7.18. The number of methoxy groups -OCH3 is 1. The normalized spacial score (nSPS) is 26.9. The second-order valence-electron chi connectivity index (χ2n) is 14.4. The highest BCUT2D eigenvalue weighted by Gasteiger charge is 2.62. The second-order valence-corrected chi connectivity index (χ2v) is 16.3. The number of ether oxygens (including phenoxy) is 2. The molecule has 3 amide bonds. The number of amides is 3. The fourth-order valence-electron chi connectivity index (χ4n) is 7.45. The van der Waals surface area contributed by atoms with Crippen LogP contribution >= 0.6 is 0 Å². The van der Waals surface area contributed by atoms with Crippen molar-refractivity contribution < 1.29 is 32.3 Å². The van der Waals surface area contributed by atoms with Gasteiger partial charge < -0.3 is 14.8 Å². The fraction of sp³-hybridized carbons (Fsp3) is 0.474. The summed E-state index contributed by atoms with van der Waals surface area (Å²) in [5, 5.41) is 6.60. The van der Waals surface area contributed by atoms with E-state index in [-0.39, 0.29) is 31.1 Å². The number of nitrogens with zero attached hydrogens (tertiary/aromatic N) is 3. The van der Waals surface area contributed by atoms with E-state index in [9.17, 15) is 22.8 Å². The molecular weight excluding hydrogens is 671 g/mol. The molecule has 0 saturated heterocycles. The number of sulfonamides is 1. The number of carbonyl (C=O) groups is 3. The third-order valence-corrected chi connectivity index (χ3v) is 12.4. The van der Waals surface area contributed by atoms with Gasteiger partial charge in [-0.3, -0.25) is 24.1 Å². The molecule has 12 nitrogen and oxygen atoms in total. The van der Waals surface area contributed by atoms with Gasteiger partial charge in [0, 0.05) is 49.6 Å². The Kier molecular flexibility index (Phi) is 9.53. The lowest BCUT2D eigenvalue weighted by molar-refractivity contribution is -0.153. The Bertz CT molecular complexity index is 1970. The number of hydrazine groups is 1. The van der Waals surface area contributed by atoms with Gasteiger partial charge in [0.2, 0.25) is 21.8 Å². The van der Waals surface area contributed by atoms with Crippen molar-refractivity contribution >= 4 is 38.6 Å². The molecule has 7 rings (SSSR count). The van der Waals surface area contributed by atoms with Gasteiger partial charge in [-0.15, -0.1) is 0 Å². The molecule has 3 saturated carbocycles. The van der Waals surface area contributed by atoms with Gasteiger partial charge in [0.25, 0.3) is 5.91 Å². The average molecular weight is 716 g/mol. The fourth-order valence-corrected chi connectivity index (χ4v) is 8.81. The van der Waals surface area contributed by atoms with E-state index in [1.54, 1.807) is 17.1 Å². The molecule has 3 aliphatic carbocycles.